The molecular weight excluding hydrogens is 332 g/mol. The summed E-state index contributed by atoms with van der Waals surface area (Å²) < 4.78 is 5.16. The van der Waals surface area contributed by atoms with E-state index in [1.807, 2.05) is 49.4 Å². The van der Waals surface area contributed by atoms with Crippen LogP contribution in [0, 0.1) is 6.92 Å². The summed E-state index contributed by atoms with van der Waals surface area (Å²) in [5.41, 5.74) is 1.37. The van der Waals surface area contributed by atoms with Gasteiger partial charge in [0.2, 0.25) is 0 Å². The molecule has 0 radical (unpaired) electrons. The molecule has 134 valence electrons. The van der Waals surface area contributed by atoms with E-state index in [0.29, 0.717) is 5.56 Å². The van der Waals surface area contributed by atoms with E-state index in [9.17, 15) is 14.4 Å². The zero-order chi connectivity index (χ0) is 18.7. The van der Waals surface area contributed by atoms with Gasteiger partial charge in [-0.2, -0.15) is 0 Å². The van der Waals surface area contributed by atoms with E-state index in [0.717, 1.165) is 16.0 Å². The standard InChI is InChI=1S/C20H20N2O4/c1-14-8-10-16(11-9-14)20(2)18(24)22(19(25)21-20)12-17(23)26-13-15-6-4-3-5-7-15/h3-11H,12-13H2,1-2H3,(H,21,25). The highest BCUT2D eigenvalue weighted by molar-refractivity contribution is 6.08. The van der Waals surface area contributed by atoms with Gasteiger partial charge in [-0.1, -0.05) is 60.2 Å². The lowest BCUT2D eigenvalue weighted by Gasteiger charge is -2.22. The fourth-order valence-corrected chi connectivity index (χ4v) is 2.84. The molecule has 1 atom stereocenters. The monoisotopic (exact) mass is 352 g/mol. The Balaban J connectivity index is 1.67. The maximum atomic E-state index is 12.8. The van der Waals surface area contributed by atoms with E-state index in [4.69, 9.17) is 4.74 Å². The van der Waals surface area contributed by atoms with Crippen LogP contribution >= 0.6 is 0 Å². The molecule has 0 saturated carbocycles. The average molecular weight is 352 g/mol. The summed E-state index contributed by atoms with van der Waals surface area (Å²) in [6, 6.07) is 15.9. The summed E-state index contributed by atoms with van der Waals surface area (Å²) in [6.07, 6.45) is 0. The molecule has 2 aromatic carbocycles. The van der Waals surface area contributed by atoms with E-state index in [-0.39, 0.29) is 6.61 Å². The van der Waals surface area contributed by atoms with Gasteiger partial charge in [-0.05, 0) is 25.0 Å². The second-order valence-corrected chi connectivity index (χ2v) is 6.46. The van der Waals surface area contributed by atoms with Crippen LogP contribution in [-0.4, -0.2) is 29.4 Å². The maximum absolute atomic E-state index is 12.8. The van der Waals surface area contributed by atoms with Gasteiger partial charge in [0, 0.05) is 0 Å². The number of carbonyl (C=O) groups is 3. The number of carbonyl (C=O) groups excluding carboxylic acids is 3. The number of rotatable bonds is 5. The first-order valence-electron chi connectivity index (χ1n) is 8.31. The molecule has 6 nitrogen and oxygen atoms in total. The Morgan fingerprint density at radius 1 is 1.08 bits per heavy atom. The molecular formula is C20H20N2O4. The minimum atomic E-state index is -1.19. The quantitative estimate of drug-likeness (QED) is 0.663. The van der Waals surface area contributed by atoms with Crippen molar-refractivity contribution in [3.8, 4) is 0 Å². The molecule has 1 fully saturated rings. The number of nitrogens with zero attached hydrogens (tertiary/aromatic N) is 1. The van der Waals surface area contributed by atoms with Crippen molar-refractivity contribution in [1.29, 1.82) is 0 Å². The molecule has 0 aromatic heterocycles. The van der Waals surface area contributed by atoms with E-state index in [1.165, 1.54) is 0 Å². The third kappa shape index (κ3) is 3.44. The SMILES string of the molecule is Cc1ccc(C2(C)NC(=O)N(CC(=O)OCc3ccccc3)C2=O)cc1. The molecule has 1 saturated heterocycles. The molecule has 2 aromatic rings. The Morgan fingerprint density at radius 2 is 1.73 bits per heavy atom. The van der Waals surface area contributed by atoms with E-state index < -0.39 is 30.0 Å². The van der Waals surface area contributed by atoms with Crippen molar-refractivity contribution in [1.82, 2.24) is 10.2 Å². The summed E-state index contributed by atoms with van der Waals surface area (Å²) in [4.78, 5) is 38.0. The van der Waals surface area contributed by atoms with Crippen molar-refractivity contribution in [3.05, 3.63) is 71.3 Å². The number of nitrogens with one attached hydrogen (secondary N) is 1. The second-order valence-electron chi connectivity index (χ2n) is 6.46. The predicted octanol–water partition coefficient (Wildman–Crippen LogP) is 2.51. The first-order valence-corrected chi connectivity index (χ1v) is 8.31. The van der Waals surface area contributed by atoms with E-state index >= 15 is 0 Å². The Bertz CT molecular complexity index is 833. The Hall–Kier alpha value is -3.15. The van der Waals surface area contributed by atoms with Gasteiger partial charge in [-0.25, -0.2) is 4.79 Å². The number of esters is 1. The molecule has 3 rings (SSSR count). The molecule has 1 aliphatic heterocycles. The first-order chi connectivity index (χ1) is 12.4. The maximum Gasteiger partial charge on any atom is 0.326 e. The largest absolute Gasteiger partial charge is 0.459 e. The van der Waals surface area contributed by atoms with Crippen LogP contribution in [0.4, 0.5) is 4.79 Å². The van der Waals surface area contributed by atoms with Crippen molar-refractivity contribution in [3.63, 3.8) is 0 Å². The van der Waals surface area contributed by atoms with E-state index in [1.54, 1.807) is 19.1 Å². The molecule has 1 heterocycles. The van der Waals surface area contributed by atoms with Crippen LogP contribution in [0.3, 0.4) is 0 Å². The van der Waals surface area contributed by atoms with Crippen molar-refractivity contribution in [2.75, 3.05) is 6.54 Å². The molecule has 1 N–H and O–H groups in total. The van der Waals surface area contributed by atoms with Crippen molar-refractivity contribution in [2.45, 2.75) is 26.0 Å². The average Bonchev–Trinajstić information content (AvgIpc) is 2.85. The molecule has 0 aliphatic carbocycles. The summed E-state index contributed by atoms with van der Waals surface area (Å²) in [5.74, 6) is -1.10. The van der Waals surface area contributed by atoms with Crippen LogP contribution in [0.2, 0.25) is 0 Å². The molecule has 3 amide bonds. The summed E-state index contributed by atoms with van der Waals surface area (Å²) >= 11 is 0. The fourth-order valence-electron chi connectivity index (χ4n) is 2.84. The molecule has 1 aliphatic rings. The normalized spacial score (nSPS) is 19.4. The van der Waals surface area contributed by atoms with E-state index in [2.05, 4.69) is 5.32 Å². The van der Waals surface area contributed by atoms with Crippen LogP contribution in [-0.2, 0) is 26.5 Å². The minimum Gasteiger partial charge on any atom is -0.459 e. The summed E-state index contributed by atoms with van der Waals surface area (Å²) in [5, 5.41) is 2.67. The van der Waals surface area contributed by atoms with Gasteiger partial charge < -0.3 is 10.1 Å². The Kier molecular flexibility index (Phi) is 4.75. The van der Waals surface area contributed by atoms with Crippen LogP contribution in [0.15, 0.2) is 54.6 Å². The molecule has 1 unspecified atom stereocenters. The zero-order valence-electron chi connectivity index (χ0n) is 14.7. The lowest BCUT2D eigenvalue weighted by Crippen LogP contribution is -2.41. The van der Waals surface area contributed by atoms with Gasteiger partial charge in [-0.3, -0.25) is 14.5 Å². The fraction of sp³-hybridized carbons (Fsp3) is 0.250. The Labute approximate surface area is 151 Å². The summed E-state index contributed by atoms with van der Waals surface area (Å²) in [6.45, 7) is 3.25. The van der Waals surface area contributed by atoms with Gasteiger partial charge in [-0.15, -0.1) is 0 Å². The van der Waals surface area contributed by atoms with Gasteiger partial charge in [0.25, 0.3) is 5.91 Å². The molecule has 0 bridgehead atoms. The molecule has 6 heteroatoms. The Morgan fingerprint density at radius 3 is 2.38 bits per heavy atom. The van der Waals surface area contributed by atoms with Gasteiger partial charge in [0.1, 0.15) is 18.7 Å². The van der Waals surface area contributed by atoms with Crippen LogP contribution < -0.4 is 5.32 Å². The number of hydrogen-bond acceptors (Lipinski definition) is 4. The summed E-state index contributed by atoms with van der Waals surface area (Å²) in [7, 11) is 0. The third-order valence-electron chi connectivity index (χ3n) is 4.43. The number of aryl methyl sites for hydroxylation is 1. The number of hydrogen-bond donors (Lipinski definition) is 1. The first kappa shape index (κ1) is 17.7. The highest BCUT2D eigenvalue weighted by Gasteiger charge is 2.49. The van der Waals surface area contributed by atoms with Crippen LogP contribution in [0.25, 0.3) is 0 Å². The second kappa shape index (κ2) is 7.00. The smallest absolute Gasteiger partial charge is 0.326 e. The minimum absolute atomic E-state index is 0.0958. The van der Waals surface area contributed by atoms with Crippen LogP contribution in [0.1, 0.15) is 23.6 Å². The number of amides is 3. The van der Waals surface area contributed by atoms with Gasteiger partial charge in [0.15, 0.2) is 0 Å². The number of ether oxygens (including phenoxy) is 1. The lowest BCUT2D eigenvalue weighted by molar-refractivity contribution is -0.148. The van der Waals surface area contributed by atoms with Crippen molar-refractivity contribution >= 4 is 17.9 Å². The highest BCUT2D eigenvalue weighted by atomic mass is 16.5. The van der Waals surface area contributed by atoms with Crippen LogP contribution in [0.5, 0.6) is 0 Å². The third-order valence-corrected chi connectivity index (χ3v) is 4.43. The molecule has 26 heavy (non-hydrogen) atoms. The number of urea groups is 1. The predicted molar refractivity (Wildman–Crippen MR) is 95.0 cm³/mol. The van der Waals surface area contributed by atoms with Gasteiger partial charge in [0.05, 0.1) is 0 Å². The van der Waals surface area contributed by atoms with Crippen molar-refractivity contribution < 1.29 is 19.1 Å². The topological polar surface area (TPSA) is 75.7 Å². The van der Waals surface area contributed by atoms with Gasteiger partial charge >= 0.3 is 12.0 Å². The van der Waals surface area contributed by atoms with Crippen molar-refractivity contribution in [2.24, 2.45) is 0 Å². The molecule has 0 spiro atoms. The number of imide groups is 1. The zero-order valence-corrected chi connectivity index (χ0v) is 14.7. The number of benzene rings is 2. The highest BCUT2D eigenvalue weighted by Crippen LogP contribution is 2.28. The lowest BCUT2D eigenvalue weighted by atomic mass is 9.91.